The van der Waals surface area contributed by atoms with E-state index in [0.29, 0.717) is 23.5 Å². The molecule has 0 spiro atoms. The molecule has 1 aliphatic carbocycles. The van der Waals surface area contributed by atoms with Gasteiger partial charge in [-0.3, -0.25) is 0 Å². The molecule has 0 bridgehead atoms. The molecule has 0 unspecified atom stereocenters. The molecular formula is C19H15FN2O2. The van der Waals surface area contributed by atoms with E-state index in [-0.39, 0.29) is 11.4 Å². The topological polar surface area (TPSA) is 63.1 Å². The third-order valence-electron chi connectivity index (χ3n) is 3.68. The molecule has 0 radical (unpaired) electrons. The predicted octanol–water partition coefficient (Wildman–Crippen LogP) is 3.95. The van der Waals surface area contributed by atoms with Crippen LogP contribution < -0.4 is 0 Å². The van der Waals surface area contributed by atoms with E-state index < -0.39 is 5.97 Å². The number of nitrogens with zero attached hydrogens (tertiary/aromatic N) is 2. The molecule has 0 atom stereocenters. The van der Waals surface area contributed by atoms with E-state index in [0.717, 1.165) is 11.1 Å². The van der Waals surface area contributed by atoms with Crippen LogP contribution in [0.2, 0.25) is 0 Å². The first-order chi connectivity index (χ1) is 11.5. The number of carboxylic acid groups (broad SMARTS) is 1. The van der Waals surface area contributed by atoms with E-state index >= 15 is 0 Å². The van der Waals surface area contributed by atoms with Gasteiger partial charge in [0.25, 0.3) is 0 Å². The van der Waals surface area contributed by atoms with Crippen LogP contribution in [-0.4, -0.2) is 21.0 Å². The third-order valence-corrected chi connectivity index (χ3v) is 3.68. The second-order valence-electron chi connectivity index (χ2n) is 5.43. The van der Waals surface area contributed by atoms with E-state index in [2.05, 4.69) is 9.97 Å². The summed E-state index contributed by atoms with van der Waals surface area (Å²) >= 11 is 0. The summed E-state index contributed by atoms with van der Waals surface area (Å²) in [6.45, 7) is 1.88. The lowest BCUT2D eigenvalue weighted by atomic mass is 10.1. The summed E-state index contributed by atoms with van der Waals surface area (Å²) in [5.41, 5.74) is 3.18. The zero-order chi connectivity index (χ0) is 17.1. The zero-order valence-electron chi connectivity index (χ0n) is 13.0. The molecule has 0 aliphatic heterocycles. The number of carbonyl (C=O) groups is 1. The number of hydrogen-bond acceptors (Lipinski definition) is 3. The fraction of sp³-hybridized carbons (Fsp3) is 0.105. The highest BCUT2D eigenvalue weighted by Crippen LogP contribution is 2.25. The number of benzene rings is 1. The Balaban J connectivity index is 2.05. The molecular weight excluding hydrogens is 307 g/mol. The molecule has 4 nitrogen and oxygen atoms in total. The van der Waals surface area contributed by atoms with E-state index in [1.165, 1.54) is 12.1 Å². The average Bonchev–Trinajstić information content (AvgIpc) is 2.82. The van der Waals surface area contributed by atoms with Crippen LogP contribution >= 0.6 is 0 Å². The Kier molecular flexibility index (Phi) is 4.33. The summed E-state index contributed by atoms with van der Waals surface area (Å²) < 4.78 is 13.1. The molecule has 1 aromatic carbocycles. The first-order valence-electron chi connectivity index (χ1n) is 7.46. The summed E-state index contributed by atoms with van der Waals surface area (Å²) in [4.78, 5) is 20.1. The lowest BCUT2D eigenvalue weighted by Crippen LogP contribution is -2.01. The molecule has 24 heavy (non-hydrogen) atoms. The van der Waals surface area contributed by atoms with Crippen LogP contribution in [0.1, 0.15) is 17.8 Å². The fourth-order valence-corrected chi connectivity index (χ4v) is 2.43. The second kappa shape index (κ2) is 6.58. The lowest BCUT2D eigenvalue weighted by molar-refractivity contribution is -0.132. The second-order valence-corrected chi connectivity index (χ2v) is 5.43. The van der Waals surface area contributed by atoms with E-state index in [9.17, 15) is 14.3 Å². The van der Waals surface area contributed by atoms with Crippen molar-refractivity contribution in [1.82, 2.24) is 9.97 Å². The van der Waals surface area contributed by atoms with E-state index in [1.54, 1.807) is 36.6 Å². The third kappa shape index (κ3) is 3.30. The van der Waals surface area contributed by atoms with Gasteiger partial charge in [-0.25, -0.2) is 19.2 Å². The minimum atomic E-state index is -0.995. The van der Waals surface area contributed by atoms with Crippen molar-refractivity contribution in [1.29, 1.82) is 0 Å². The first kappa shape index (κ1) is 15.8. The number of rotatable bonds is 3. The van der Waals surface area contributed by atoms with Crippen molar-refractivity contribution in [3.05, 3.63) is 77.5 Å². The Morgan fingerprint density at radius 2 is 2.00 bits per heavy atom. The van der Waals surface area contributed by atoms with Gasteiger partial charge in [0.15, 0.2) is 5.82 Å². The molecule has 120 valence electrons. The highest BCUT2D eigenvalue weighted by Gasteiger charge is 2.13. The van der Waals surface area contributed by atoms with E-state index in [4.69, 9.17) is 0 Å². The van der Waals surface area contributed by atoms with Crippen LogP contribution in [0.3, 0.4) is 0 Å². The van der Waals surface area contributed by atoms with Crippen molar-refractivity contribution < 1.29 is 14.3 Å². The first-order valence-corrected chi connectivity index (χ1v) is 7.46. The van der Waals surface area contributed by atoms with Crippen LogP contribution in [-0.2, 0) is 4.79 Å². The van der Waals surface area contributed by atoms with Gasteiger partial charge in [-0.1, -0.05) is 18.2 Å². The number of aliphatic carboxylic acids is 1. The Hall–Kier alpha value is -3.08. The summed E-state index contributed by atoms with van der Waals surface area (Å²) in [6.07, 6.45) is 9.08. The summed E-state index contributed by atoms with van der Waals surface area (Å²) in [7, 11) is 0. The van der Waals surface area contributed by atoms with Gasteiger partial charge in [-0.05, 0) is 49.2 Å². The van der Waals surface area contributed by atoms with Crippen molar-refractivity contribution in [2.75, 3.05) is 0 Å². The molecule has 0 fully saturated rings. The molecule has 0 amide bonds. The van der Waals surface area contributed by atoms with Crippen molar-refractivity contribution >= 4 is 11.5 Å². The van der Waals surface area contributed by atoms with Crippen LogP contribution in [0.15, 0.2) is 60.3 Å². The summed E-state index contributed by atoms with van der Waals surface area (Å²) in [5, 5.41) is 9.21. The molecule has 1 heterocycles. The SMILES string of the molecule is Cc1cnc(C2=CCC=CC(C(=O)O)=C2)nc1-c1ccc(F)cc1. The van der Waals surface area contributed by atoms with Crippen molar-refractivity contribution in [3.8, 4) is 11.3 Å². The minimum Gasteiger partial charge on any atom is -0.478 e. The number of hydrogen-bond donors (Lipinski definition) is 1. The molecule has 3 rings (SSSR count). The van der Waals surface area contributed by atoms with Crippen molar-refractivity contribution in [3.63, 3.8) is 0 Å². The number of aromatic nitrogens is 2. The normalized spacial score (nSPS) is 13.9. The minimum absolute atomic E-state index is 0.186. The van der Waals surface area contributed by atoms with Gasteiger partial charge in [0.05, 0.1) is 11.3 Å². The Morgan fingerprint density at radius 3 is 2.71 bits per heavy atom. The quantitative estimate of drug-likeness (QED) is 0.929. The summed E-state index contributed by atoms with van der Waals surface area (Å²) in [6, 6.07) is 6.09. The maximum Gasteiger partial charge on any atom is 0.335 e. The van der Waals surface area contributed by atoms with Gasteiger partial charge < -0.3 is 5.11 Å². The Bertz CT molecular complexity index is 881. The Labute approximate surface area is 138 Å². The number of halogens is 1. The van der Waals surface area contributed by atoms with Crippen LogP contribution in [0, 0.1) is 12.7 Å². The number of allylic oxidation sites excluding steroid dienone is 4. The predicted molar refractivity (Wildman–Crippen MR) is 89.6 cm³/mol. The van der Waals surface area contributed by atoms with Crippen molar-refractivity contribution in [2.45, 2.75) is 13.3 Å². The molecule has 1 aromatic heterocycles. The fourth-order valence-electron chi connectivity index (χ4n) is 2.43. The van der Waals surface area contributed by atoms with Gasteiger partial charge in [0.1, 0.15) is 5.82 Å². The largest absolute Gasteiger partial charge is 0.478 e. The highest BCUT2D eigenvalue weighted by atomic mass is 19.1. The van der Waals surface area contributed by atoms with E-state index in [1.807, 2.05) is 13.0 Å². The molecule has 1 N–H and O–H groups in total. The summed E-state index contributed by atoms with van der Waals surface area (Å²) in [5.74, 6) is -0.857. The number of carboxylic acids is 1. The molecule has 5 heteroatoms. The van der Waals surface area contributed by atoms with Gasteiger partial charge in [-0.2, -0.15) is 0 Å². The monoisotopic (exact) mass is 322 g/mol. The van der Waals surface area contributed by atoms with Gasteiger partial charge in [0.2, 0.25) is 0 Å². The van der Waals surface area contributed by atoms with Gasteiger partial charge in [0, 0.05) is 17.3 Å². The van der Waals surface area contributed by atoms with Crippen molar-refractivity contribution in [2.24, 2.45) is 0 Å². The molecule has 2 aromatic rings. The standard InChI is InChI=1S/C19H15FN2O2/c1-12-11-21-18(14-4-2-3-5-15(10-14)19(23)24)22-17(12)13-6-8-16(20)9-7-13/h3-11H,2H2,1H3,(H,23,24). The smallest absolute Gasteiger partial charge is 0.335 e. The maximum absolute atomic E-state index is 13.1. The highest BCUT2D eigenvalue weighted by molar-refractivity contribution is 5.94. The molecule has 1 aliphatic rings. The van der Waals surface area contributed by atoms with Gasteiger partial charge >= 0.3 is 5.97 Å². The molecule has 0 saturated heterocycles. The van der Waals surface area contributed by atoms with Gasteiger partial charge in [-0.15, -0.1) is 0 Å². The van der Waals surface area contributed by atoms with Crippen LogP contribution in [0.5, 0.6) is 0 Å². The lowest BCUT2D eigenvalue weighted by Gasteiger charge is -2.08. The average molecular weight is 322 g/mol. The molecule has 0 saturated carbocycles. The zero-order valence-corrected chi connectivity index (χ0v) is 13.0. The van der Waals surface area contributed by atoms with Crippen LogP contribution in [0.25, 0.3) is 16.8 Å². The maximum atomic E-state index is 13.1. The van der Waals surface area contributed by atoms with Crippen LogP contribution in [0.4, 0.5) is 4.39 Å². The Morgan fingerprint density at radius 1 is 1.25 bits per heavy atom. The number of aryl methyl sites for hydroxylation is 1.